The molecule has 1 amide bonds. The lowest BCUT2D eigenvalue weighted by Gasteiger charge is -2.13. The van der Waals surface area contributed by atoms with Gasteiger partial charge in [0.25, 0.3) is 0 Å². The smallest absolute Gasteiger partial charge is 0.237 e. The topological polar surface area (TPSA) is 104 Å². The van der Waals surface area contributed by atoms with Gasteiger partial charge in [0.15, 0.2) is 5.82 Å². The number of aromatic nitrogens is 3. The number of hydrogen-bond donors (Lipinski definition) is 2. The summed E-state index contributed by atoms with van der Waals surface area (Å²) in [5, 5.41) is 10.7. The van der Waals surface area contributed by atoms with Crippen molar-refractivity contribution in [3.8, 4) is 11.5 Å². The first-order valence-electron chi connectivity index (χ1n) is 8.66. The van der Waals surface area contributed by atoms with Gasteiger partial charge in [-0.15, -0.1) is 10.2 Å². The van der Waals surface area contributed by atoms with Crippen molar-refractivity contribution in [2.24, 2.45) is 0 Å². The Labute approximate surface area is 171 Å². The summed E-state index contributed by atoms with van der Waals surface area (Å²) in [4.78, 5) is 12.5. The fourth-order valence-electron chi connectivity index (χ4n) is 2.36. The Balaban J connectivity index is 1.59. The molecule has 0 aliphatic carbocycles. The predicted octanol–water partition coefficient (Wildman–Crippen LogP) is 2.84. The van der Waals surface area contributed by atoms with E-state index in [0.29, 0.717) is 28.2 Å². The van der Waals surface area contributed by atoms with E-state index >= 15 is 0 Å². The fourth-order valence-corrected chi connectivity index (χ4v) is 3.15. The molecule has 1 heterocycles. The summed E-state index contributed by atoms with van der Waals surface area (Å²) in [5.41, 5.74) is 0.579. The van der Waals surface area contributed by atoms with Crippen LogP contribution in [0.4, 0.5) is 10.1 Å². The van der Waals surface area contributed by atoms with Gasteiger partial charge in [-0.2, -0.15) is 0 Å². The molecule has 3 rings (SSSR count). The molecule has 0 fully saturated rings. The van der Waals surface area contributed by atoms with Crippen LogP contribution in [0, 0.1) is 5.82 Å². The lowest BCUT2D eigenvalue weighted by molar-refractivity contribution is -0.115. The number of hydrogen-bond acceptors (Lipinski definition) is 7. The van der Waals surface area contributed by atoms with Crippen molar-refractivity contribution in [2.45, 2.75) is 23.9 Å². The Morgan fingerprint density at radius 2 is 1.97 bits per heavy atom. The van der Waals surface area contributed by atoms with Crippen molar-refractivity contribution in [1.29, 1.82) is 0 Å². The Morgan fingerprint density at radius 3 is 2.69 bits per heavy atom. The van der Waals surface area contributed by atoms with Gasteiger partial charge in [0, 0.05) is 0 Å². The van der Waals surface area contributed by atoms with Gasteiger partial charge in [-0.05, 0) is 43.3 Å². The van der Waals surface area contributed by atoms with E-state index in [9.17, 15) is 9.18 Å². The molecule has 1 aromatic heterocycles. The van der Waals surface area contributed by atoms with E-state index in [0.717, 1.165) is 11.8 Å². The van der Waals surface area contributed by atoms with Gasteiger partial charge in [-0.3, -0.25) is 4.79 Å². The highest BCUT2D eigenvalue weighted by molar-refractivity contribution is 8.00. The Morgan fingerprint density at radius 1 is 1.24 bits per heavy atom. The Hall–Kier alpha value is -3.27. The largest absolute Gasteiger partial charge is 0.495 e. The van der Waals surface area contributed by atoms with Crippen molar-refractivity contribution < 1.29 is 18.7 Å². The average molecular weight is 417 g/mol. The normalized spacial score (nSPS) is 11.7. The van der Waals surface area contributed by atoms with Crippen LogP contribution in [0.2, 0.25) is 0 Å². The molecule has 0 saturated heterocycles. The first kappa shape index (κ1) is 20.5. The molecule has 8 nitrogen and oxygen atoms in total. The van der Waals surface area contributed by atoms with Crippen molar-refractivity contribution in [3.05, 3.63) is 60.2 Å². The van der Waals surface area contributed by atoms with Crippen LogP contribution in [0.5, 0.6) is 11.5 Å². The molecule has 10 heteroatoms. The number of nitrogens with one attached hydrogen (secondary N) is 1. The molecule has 0 bridgehead atoms. The van der Waals surface area contributed by atoms with Gasteiger partial charge in [-0.1, -0.05) is 23.9 Å². The number of amides is 1. The molecule has 152 valence electrons. The first-order chi connectivity index (χ1) is 14.0. The van der Waals surface area contributed by atoms with Crippen molar-refractivity contribution in [1.82, 2.24) is 14.9 Å². The summed E-state index contributed by atoms with van der Waals surface area (Å²) in [6, 6.07) is 12.7. The molecule has 29 heavy (non-hydrogen) atoms. The summed E-state index contributed by atoms with van der Waals surface area (Å²) in [6.07, 6.45) is 0. The van der Waals surface area contributed by atoms with Crippen LogP contribution in [0.25, 0.3) is 0 Å². The molecular weight excluding hydrogens is 397 g/mol. The van der Waals surface area contributed by atoms with E-state index in [-0.39, 0.29) is 18.3 Å². The van der Waals surface area contributed by atoms with Gasteiger partial charge in [0.2, 0.25) is 11.1 Å². The highest BCUT2D eigenvalue weighted by Gasteiger charge is 2.20. The minimum Gasteiger partial charge on any atom is -0.495 e. The number of nitrogens with two attached hydrogens (primary N) is 1. The van der Waals surface area contributed by atoms with Crippen molar-refractivity contribution >= 4 is 23.4 Å². The summed E-state index contributed by atoms with van der Waals surface area (Å²) < 4.78 is 25.0. The Bertz CT molecular complexity index is 980. The summed E-state index contributed by atoms with van der Waals surface area (Å²) in [7, 11) is 1.54. The molecule has 0 spiro atoms. The van der Waals surface area contributed by atoms with E-state index in [1.54, 1.807) is 25.1 Å². The lowest BCUT2D eigenvalue weighted by atomic mass is 10.3. The number of rotatable bonds is 8. The molecule has 3 N–H and O–H groups in total. The third-order valence-corrected chi connectivity index (χ3v) is 4.99. The standard InChI is InChI=1S/C19H20FN5O3S/c1-12(18(26)22-15-5-3-4-6-16(15)27-2)29-19-24-23-17(25(19)21)11-28-14-9-7-13(20)8-10-14/h3-10,12H,11,21H2,1-2H3,(H,22,26). The zero-order valence-electron chi connectivity index (χ0n) is 15.8. The van der Waals surface area contributed by atoms with E-state index in [2.05, 4.69) is 15.5 Å². The van der Waals surface area contributed by atoms with Crippen LogP contribution < -0.4 is 20.6 Å². The predicted molar refractivity (Wildman–Crippen MR) is 108 cm³/mol. The van der Waals surface area contributed by atoms with Gasteiger partial charge >= 0.3 is 0 Å². The van der Waals surface area contributed by atoms with Gasteiger partial charge in [0.05, 0.1) is 18.0 Å². The zero-order chi connectivity index (χ0) is 20.8. The number of carbonyl (C=O) groups excluding carboxylic acids is 1. The quantitative estimate of drug-likeness (QED) is 0.429. The highest BCUT2D eigenvalue weighted by atomic mass is 32.2. The number of methoxy groups -OCH3 is 1. The van der Waals surface area contributed by atoms with Crippen molar-refractivity contribution in [2.75, 3.05) is 18.3 Å². The number of halogens is 1. The highest BCUT2D eigenvalue weighted by Crippen LogP contribution is 2.26. The maximum Gasteiger partial charge on any atom is 0.237 e. The maximum absolute atomic E-state index is 12.9. The third-order valence-electron chi connectivity index (χ3n) is 3.93. The van der Waals surface area contributed by atoms with Crippen LogP contribution >= 0.6 is 11.8 Å². The second kappa shape index (κ2) is 9.28. The molecule has 1 atom stereocenters. The number of thioether (sulfide) groups is 1. The zero-order valence-corrected chi connectivity index (χ0v) is 16.6. The third kappa shape index (κ3) is 5.17. The number of ether oxygens (including phenoxy) is 2. The maximum atomic E-state index is 12.9. The minimum absolute atomic E-state index is 0.0531. The van der Waals surface area contributed by atoms with Crippen LogP contribution in [-0.2, 0) is 11.4 Å². The van der Waals surface area contributed by atoms with Crippen LogP contribution in [-0.4, -0.2) is 33.1 Å². The van der Waals surface area contributed by atoms with E-state index in [4.69, 9.17) is 15.3 Å². The van der Waals surface area contributed by atoms with Gasteiger partial charge in [0.1, 0.15) is 23.9 Å². The summed E-state index contributed by atoms with van der Waals surface area (Å²) >= 11 is 1.16. The number of carbonyl (C=O) groups is 1. The Kier molecular flexibility index (Phi) is 6.55. The molecule has 2 aromatic carbocycles. The molecule has 0 saturated carbocycles. The van der Waals surface area contributed by atoms with Crippen molar-refractivity contribution in [3.63, 3.8) is 0 Å². The second-order valence-corrected chi connectivity index (χ2v) is 7.27. The second-order valence-electron chi connectivity index (χ2n) is 5.96. The fraction of sp³-hybridized carbons (Fsp3) is 0.211. The average Bonchev–Trinajstić information content (AvgIpc) is 3.07. The molecular formula is C19H20FN5O3S. The molecule has 0 aliphatic heterocycles. The first-order valence-corrected chi connectivity index (χ1v) is 9.54. The monoisotopic (exact) mass is 417 g/mol. The SMILES string of the molecule is COc1ccccc1NC(=O)C(C)Sc1nnc(COc2ccc(F)cc2)n1N. The van der Waals surface area contributed by atoms with Crippen LogP contribution in [0.1, 0.15) is 12.7 Å². The molecule has 0 radical (unpaired) electrons. The summed E-state index contributed by atoms with van der Waals surface area (Å²) in [5.74, 6) is 6.86. The molecule has 1 unspecified atom stereocenters. The molecule has 3 aromatic rings. The lowest BCUT2D eigenvalue weighted by Crippen LogP contribution is -2.24. The minimum atomic E-state index is -0.489. The van der Waals surface area contributed by atoms with E-state index in [1.807, 2.05) is 6.07 Å². The van der Waals surface area contributed by atoms with E-state index in [1.165, 1.54) is 36.1 Å². The molecule has 0 aliphatic rings. The number of anilines is 1. The van der Waals surface area contributed by atoms with Crippen LogP contribution in [0.15, 0.2) is 53.7 Å². The number of nitrogen functional groups attached to an aromatic ring is 1. The summed E-state index contributed by atoms with van der Waals surface area (Å²) in [6.45, 7) is 1.79. The van der Waals surface area contributed by atoms with Gasteiger partial charge < -0.3 is 20.6 Å². The van der Waals surface area contributed by atoms with E-state index < -0.39 is 5.25 Å². The number of benzene rings is 2. The number of nitrogens with zero attached hydrogens (tertiary/aromatic N) is 3. The number of para-hydroxylation sites is 2. The van der Waals surface area contributed by atoms with Crippen LogP contribution in [0.3, 0.4) is 0 Å². The van der Waals surface area contributed by atoms with Gasteiger partial charge in [-0.25, -0.2) is 9.07 Å².